The van der Waals surface area contributed by atoms with Crippen LogP contribution in [0.2, 0.25) is 0 Å². The van der Waals surface area contributed by atoms with Gasteiger partial charge >= 0.3 is 0 Å². The molecule has 0 bridgehead atoms. The molecule has 2 rings (SSSR count). The summed E-state index contributed by atoms with van der Waals surface area (Å²) in [6, 6.07) is 3.96. The molecule has 0 fully saturated rings. The van der Waals surface area contributed by atoms with Crippen LogP contribution in [0.5, 0.6) is 0 Å². The van der Waals surface area contributed by atoms with Gasteiger partial charge in [-0.3, -0.25) is 4.40 Å². The summed E-state index contributed by atoms with van der Waals surface area (Å²) in [6.07, 6.45) is 6.97. The molecule has 0 spiro atoms. The van der Waals surface area contributed by atoms with Gasteiger partial charge in [-0.25, -0.2) is 4.98 Å². The van der Waals surface area contributed by atoms with Crippen LogP contribution in [-0.2, 0) is 0 Å². The van der Waals surface area contributed by atoms with E-state index in [1.807, 2.05) is 36.0 Å². The number of nitrogens with one attached hydrogen (secondary N) is 2. The maximum absolute atomic E-state index is 7.46. The van der Waals surface area contributed by atoms with Crippen molar-refractivity contribution in [3.05, 3.63) is 48.6 Å². The lowest BCUT2D eigenvalue weighted by Crippen LogP contribution is -1.99. The van der Waals surface area contributed by atoms with Gasteiger partial charge in [-0.15, -0.1) is 0 Å². The Hall–Kier alpha value is -2.36. The van der Waals surface area contributed by atoms with Gasteiger partial charge in [-0.05, 0) is 29.2 Å². The molecule has 0 aliphatic rings. The highest BCUT2D eigenvalue weighted by Crippen LogP contribution is 2.23. The van der Waals surface area contributed by atoms with E-state index >= 15 is 0 Å². The fourth-order valence-electron chi connectivity index (χ4n) is 2.06. The SMILES string of the molecule is C=C(c1cnc2cc(/C(C=N)=C/NC)ccn12)C(C)C. The lowest BCUT2D eigenvalue weighted by molar-refractivity contribution is 0.848. The van der Waals surface area contributed by atoms with Gasteiger partial charge in [0.25, 0.3) is 0 Å². The van der Waals surface area contributed by atoms with E-state index in [1.54, 1.807) is 6.20 Å². The lowest BCUT2D eigenvalue weighted by Gasteiger charge is -2.09. The molecular formula is C16H20N4. The molecule has 4 nitrogen and oxygen atoms in total. The number of pyridine rings is 1. The number of aromatic nitrogens is 2. The fraction of sp³-hybridized carbons (Fsp3) is 0.250. The third-order valence-electron chi connectivity index (χ3n) is 3.33. The second-order valence-corrected chi connectivity index (χ2v) is 5.00. The zero-order valence-corrected chi connectivity index (χ0v) is 12.1. The molecule has 2 heterocycles. The minimum absolute atomic E-state index is 0.385. The van der Waals surface area contributed by atoms with Crippen molar-refractivity contribution in [2.75, 3.05) is 7.05 Å². The Morgan fingerprint density at radius 1 is 1.50 bits per heavy atom. The maximum Gasteiger partial charge on any atom is 0.137 e. The van der Waals surface area contributed by atoms with Crippen molar-refractivity contribution in [2.45, 2.75) is 13.8 Å². The van der Waals surface area contributed by atoms with Crippen molar-refractivity contribution in [2.24, 2.45) is 5.92 Å². The Balaban J connectivity index is 2.50. The van der Waals surface area contributed by atoms with Gasteiger partial charge in [0.2, 0.25) is 0 Å². The Morgan fingerprint density at radius 3 is 2.85 bits per heavy atom. The highest BCUT2D eigenvalue weighted by Gasteiger charge is 2.10. The van der Waals surface area contributed by atoms with E-state index in [2.05, 4.69) is 30.7 Å². The van der Waals surface area contributed by atoms with Crippen molar-refractivity contribution in [1.29, 1.82) is 5.41 Å². The average Bonchev–Trinajstić information content (AvgIpc) is 2.86. The number of nitrogens with zero attached hydrogens (tertiary/aromatic N) is 2. The first-order valence-electron chi connectivity index (χ1n) is 6.63. The molecule has 0 saturated heterocycles. The van der Waals surface area contributed by atoms with Gasteiger partial charge in [-0.2, -0.15) is 0 Å². The van der Waals surface area contributed by atoms with Crippen molar-refractivity contribution in [1.82, 2.24) is 14.7 Å². The van der Waals surface area contributed by atoms with Gasteiger partial charge in [0, 0.05) is 31.2 Å². The minimum Gasteiger partial charge on any atom is -0.393 e. The van der Waals surface area contributed by atoms with E-state index in [1.165, 1.54) is 6.21 Å². The molecule has 0 amide bonds. The first-order chi connectivity index (χ1) is 9.58. The molecule has 4 heteroatoms. The van der Waals surface area contributed by atoms with E-state index in [0.29, 0.717) is 5.92 Å². The molecule has 104 valence electrons. The van der Waals surface area contributed by atoms with Crippen molar-refractivity contribution >= 4 is 23.0 Å². The topological polar surface area (TPSA) is 53.2 Å². The van der Waals surface area contributed by atoms with E-state index in [-0.39, 0.29) is 0 Å². The summed E-state index contributed by atoms with van der Waals surface area (Å²) < 4.78 is 2.03. The Kier molecular flexibility index (Phi) is 4.03. The largest absolute Gasteiger partial charge is 0.393 e. The molecule has 0 aliphatic carbocycles. The zero-order valence-electron chi connectivity index (χ0n) is 12.1. The summed E-state index contributed by atoms with van der Waals surface area (Å²) in [4.78, 5) is 4.44. The number of hydrogen-bond acceptors (Lipinski definition) is 3. The third-order valence-corrected chi connectivity index (χ3v) is 3.33. The third kappa shape index (κ3) is 2.50. The van der Waals surface area contributed by atoms with E-state index in [0.717, 1.165) is 28.1 Å². The first-order valence-corrected chi connectivity index (χ1v) is 6.63. The monoisotopic (exact) mass is 268 g/mol. The minimum atomic E-state index is 0.385. The Bertz CT molecular complexity index is 677. The second-order valence-electron chi connectivity index (χ2n) is 5.00. The molecule has 20 heavy (non-hydrogen) atoms. The van der Waals surface area contributed by atoms with Crippen molar-refractivity contribution in [3.63, 3.8) is 0 Å². The van der Waals surface area contributed by atoms with Gasteiger partial charge in [0.05, 0.1) is 11.9 Å². The standard InChI is InChI=1S/C16H20N4/c1-11(2)12(3)15-10-19-16-7-13(5-6-20(15)16)14(8-17)9-18-4/h5-11,17-18H,3H2,1-2,4H3/b14-9+,17-8?. The second kappa shape index (κ2) is 5.74. The lowest BCUT2D eigenvalue weighted by atomic mass is 10.0. The van der Waals surface area contributed by atoms with Gasteiger partial charge in [-0.1, -0.05) is 20.4 Å². The zero-order chi connectivity index (χ0) is 14.7. The van der Waals surface area contributed by atoms with Crippen LogP contribution < -0.4 is 5.32 Å². The first kappa shape index (κ1) is 14.1. The fourth-order valence-corrected chi connectivity index (χ4v) is 2.06. The van der Waals surface area contributed by atoms with Crippen LogP contribution in [0, 0.1) is 11.3 Å². The Morgan fingerprint density at radius 2 is 2.25 bits per heavy atom. The van der Waals surface area contributed by atoms with Gasteiger partial charge in [0.1, 0.15) is 5.65 Å². The van der Waals surface area contributed by atoms with Crippen LogP contribution in [0.25, 0.3) is 16.8 Å². The van der Waals surface area contributed by atoms with Crippen molar-refractivity contribution < 1.29 is 0 Å². The predicted octanol–water partition coefficient (Wildman–Crippen LogP) is 3.21. The Labute approximate surface area is 119 Å². The normalized spacial score (nSPS) is 11.9. The van der Waals surface area contributed by atoms with E-state index in [4.69, 9.17) is 5.41 Å². The van der Waals surface area contributed by atoms with Crippen molar-refractivity contribution in [3.8, 4) is 0 Å². The smallest absolute Gasteiger partial charge is 0.137 e. The average molecular weight is 268 g/mol. The summed E-state index contributed by atoms with van der Waals surface area (Å²) >= 11 is 0. The summed E-state index contributed by atoms with van der Waals surface area (Å²) in [6.45, 7) is 8.38. The van der Waals surface area contributed by atoms with Crippen LogP contribution in [0.4, 0.5) is 0 Å². The molecule has 0 unspecified atom stereocenters. The number of imidazole rings is 1. The summed E-state index contributed by atoms with van der Waals surface area (Å²) in [7, 11) is 1.82. The molecule has 0 saturated carbocycles. The molecule has 2 aromatic rings. The molecule has 0 radical (unpaired) electrons. The highest BCUT2D eigenvalue weighted by atomic mass is 15.0. The number of fused-ring (bicyclic) bond motifs is 1. The van der Waals surface area contributed by atoms with E-state index in [9.17, 15) is 0 Å². The number of allylic oxidation sites excluding steroid dienone is 2. The quantitative estimate of drug-likeness (QED) is 0.818. The maximum atomic E-state index is 7.46. The highest BCUT2D eigenvalue weighted by molar-refractivity contribution is 6.08. The van der Waals surface area contributed by atoms with Crippen LogP contribution in [-0.4, -0.2) is 22.6 Å². The molecule has 0 aromatic carbocycles. The van der Waals surface area contributed by atoms with Crippen LogP contribution in [0.1, 0.15) is 25.1 Å². The summed E-state index contributed by atoms with van der Waals surface area (Å²) in [5.74, 6) is 0.385. The molecular weight excluding hydrogens is 248 g/mol. The summed E-state index contributed by atoms with van der Waals surface area (Å²) in [5.41, 5.74) is 4.76. The van der Waals surface area contributed by atoms with Crippen LogP contribution in [0.3, 0.4) is 0 Å². The number of rotatable bonds is 5. The summed E-state index contributed by atoms with van der Waals surface area (Å²) in [5, 5.41) is 10.4. The number of hydrogen-bond donors (Lipinski definition) is 2. The molecule has 2 N–H and O–H groups in total. The molecule has 0 aliphatic heterocycles. The van der Waals surface area contributed by atoms with Gasteiger partial charge in [0.15, 0.2) is 0 Å². The van der Waals surface area contributed by atoms with E-state index < -0.39 is 0 Å². The predicted molar refractivity (Wildman–Crippen MR) is 84.9 cm³/mol. The van der Waals surface area contributed by atoms with Crippen LogP contribution in [0.15, 0.2) is 37.3 Å². The van der Waals surface area contributed by atoms with Gasteiger partial charge < -0.3 is 10.7 Å². The molecule has 2 aromatic heterocycles. The van der Waals surface area contributed by atoms with Crippen LogP contribution >= 0.6 is 0 Å². The molecule has 0 atom stereocenters.